The van der Waals surface area contributed by atoms with E-state index >= 15 is 0 Å². The van der Waals surface area contributed by atoms with Crippen molar-refractivity contribution >= 4 is 6.21 Å². The number of nitrogens with one attached hydrogen (secondary N) is 1. The van der Waals surface area contributed by atoms with Crippen molar-refractivity contribution in [3.63, 3.8) is 0 Å². The van der Waals surface area contributed by atoms with Crippen molar-refractivity contribution in [3.8, 4) is 0 Å². The third kappa shape index (κ3) is 2.49. The largest absolute Gasteiger partial charge is 0.313 e. The zero-order valence-electron chi connectivity index (χ0n) is 12.7. The summed E-state index contributed by atoms with van der Waals surface area (Å²) in [6, 6.07) is 0. The molecule has 5 unspecified atom stereocenters. The van der Waals surface area contributed by atoms with Crippen LogP contribution in [0.15, 0.2) is 22.8 Å². The Morgan fingerprint density at radius 2 is 2.25 bits per heavy atom. The smallest absolute Gasteiger partial charge is 0.104 e. The number of fused-ring (bicyclic) bond motifs is 2. The molecule has 1 fully saturated rings. The fourth-order valence-corrected chi connectivity index (χ4v) is 4.19. The minimum Gasteiger partial charge on any atom is -0.313 e. The third-order valence-electron chi connectivity index (χ3n) is 5.68. The molecule has 0 radical (unpaired) electrons. The van der Waals surface area contributed by atoms with E-state index in [0.717, 1.165) is 37.5 Å². The Kier molecular flexibility index (Phi) is 3.83. The number of hydrogen-bond donors (Lipinski definition) is 1. The lowest BCUT2D eigenvalue weighted by Crippen LogP contribution is -2.17. The highest BCUT2D eigenvalue weighted by atomic mass is 19.1. The normalized spacial score (nSPS) is 34.8. The molecule has 0 aromatic carbocycles. The summed E-state index contributed by atoms with van der Waals surface area (Å²) in [6.45, 7) is 4.37. The van der Waals surface area contributed by atoms with Gasteiger partial charge in [0.15, 0.2) is 0 Å². The van der Waals surface area contributed by atoms with Crippen LogP contribution in [0, 0.1) is 29.1 Å². The molecular formula is C18H26FN. The van der Waals surface area contributed by atoms with Crippen molar-refractivity contribution in [2.75, 3.05) is 0 Å². The first-order valence-corrected chi connectivity index (χ1v) is 8.21. The molecule has 0 aromatic heterocycles. The molecular weight excluding hydrogens is 249 g/mol. The van der Waals surface area contributed by atoms with E-state index in [1.54, 1.807) is 17.4 Å². The number of halogens is 1. The second-order valence-electron chi connectivity index (χ2n) is 6.96. The Labute approximate surface area is 121 Å². The number of rotatable bonds is 5. The topological polar surface area (TPSA) is 23.9 Å². The Morgan fingerprint density at radius 3 is 2.95 bits per heavy atom. The highest BCUT2D eigenvalue weighted by Crippen LogP contribution is 2.57. The molecule has 20 heavy (non-hydrogen) atoms. The maximum Gasteiger partial charge on any atom is 0.104 e. The van der Waals surface area contributed by atoms with E-state index in [9.17, 15) is 4.39 Å². The minimum atomic E-state index is -0.621. The summed E-state index contributed by atoms with van der Waals surface area (Å²) in [5, 5.41) is 7.49. The molecule has 2 heteroatoms. The van der Waals surface area contributed by atoms with Gasteiger partial charge < -0.3 is 5.41 Å². The third-order valence-corrected chi connectivity index (χ3v) is 5.68. The standard InChI is InChI=1S/C18H26FN/c1-3-12(11(2)10-20)6-13-7-14-8-15(19)4-5-16(14)18-9-17(13)18/h7,10-12,15,17-18,20H,3-6,8-9H2,1-2H3. The van der Waals surface area contributed by atoms with E-state index in [1.807, 2.05) is 0 Å². The fourth-order valence-electron chi connectivity index (χ4n) is 4.19. The quantitative estimate of drug-likeness (QED) is 0.676. The monoisotopic (exact) mass is 275 g/mol. The lowest BCUT2D eigenvalue weighted by Gasteiger charge is -2.28. The number of hydrogen-bond acceptors (Lipinski definition) is 1. The number of alkyl halides is 1. The van der Waals surface area contributed by atoms with Crippen molar-refractivity contribution < 1.29 is 4.39 Å². The fraction of sp³-hybridized carbons (Fsp3) is 0.722. The molecule has 0 aliphatic heterocycles. The number of allylic oxidation sites excluding steroid dienone is 4. The van der Waals surface area contributed by atoms with E-state index in [2.05, 4.69) is 19.9 Å². The summed E-state index contributed by atoms with van der Waals surface area (Å²) >= 11 is 0. The van der Waals surface area contributed by atoms with Gasteiger partial charge in [-0.15, -0.1) is 0 Å². The molecule has 5 atom stereocenters. The average Bonchev–Trinajstić information content (AvgIpc) is 3.24. The second kappa shape index (κ2) is 5.46. The molecule has 3 aliphatic carbocycles. The zero-order chi connectivity index (χ0) is 14.3. The summed E-state index contributed by atoms with van der Waals surface area (Å²) < 4.78 is 13.6. The zero-order valence-corrected chi connectivity index (χ0v) is 12.7. The summed E-state index contributed by atoms with van der Waals surface area (Å²) in [5.41, 5.74) is 4.47. The van der Waals surface area contributed by atoms with Gasteiger partial charge in [0.05, 0.1) is 0 Å². The van der Waals surface area contributed by atoms with E-state index in [1.165, 1.54) is 12.0 Å². The SMILES string of the molecule is CCC(CC1=CC2=C(CCC(F)C2)C2CC12)C(C)C=N. The van der Waals surface area contributed by atoms with Crippen LogP contribution in [0.1, 0.15) is 52.4 Å². The van der Waals surface area contributed by atoms with Gasteiger partial charge in [-0.3, -0.25) is 0 Å². The minimum absolute atomic E-state index is 0.355. The van der Waals surface area contributed by atoms with E-state index in [4.69, 9.17) is 5.41 Å². The summed E-state index contributed by atoms with van der Waals surface area (Å²) in [4.78, 5) is 0. The van der Waals surface area contributed by atoms with Crippen LogP contribution in [0.2, 0.25) is 0 Å². The van der Waals surface area contributed by atoms with Gasteiger partial charge in [-0.05, 0) is 61.1 Å². The molecule has 0 saturated heterocycles. The lowest BCUT2D eigenvalue weighted by molar-refractivity contribution is 0.298. The molecule has 0 aromatic rings. The molecule has 0 amide bonds. The van der Waals surface area contributed by atoms with Gasteiger partial charge in [0.1, 0.15) is 6.17 Å². The van der Waals surface area contributed by atoms with Crippen molar-refractivity contribution in [3.05, 3.63) is 22.8 Å². The predicted octanol–water partition coefficient (Wildman–Crippen LogP) is 5.08. The molecule has 110 valence electrons. The van der Waals surface area contributed by atoms with Crippen molar-refractivity contribution in [2.45, 2.75) is 58.5 Å². The molecule has 1 N–H and O–H groups in total. The first-order chi connectivity index (χ1) is 9.63. The molecule has 3 rings (SSSR count). The summed E-state index contributed by atoms with van der Waals surface area (Å²) in [7, 11) is 0. The van der Waals surface area contributed by atoms with Crippen molar-refractivity contribution in [2.24, 2.45) is 23.7 Å². The Morgan fingerprint density at radius 1 is 1.45 bits per heavy atom. The van der Waals surface area contributed by atoms with Gasteiger partial charge in [-0.1, -0.05) is 37.5 Å². The first kappa shape index (κ1) is 14.0. The predicted molar refractivity (Wildman–Crippen MR) is 81.8 cm³/mol. The molecule has 0 spiro atoms. The van der Waals surface area contributed by atoms with Gasteiger partial charge in [0, 0.05) is 6.42 Å². The van der Waals surface area contributed by atoms with Gasteiger partial charge in [0.25, 0.3) is 0 Å². The lowest BCUT2D eigenvalue weighted by atomic mass is 9.78. The molecule has 3 aliphatic rings. The maximum absolute atomic E-state index is 13.6. The van der Waals surface area contributed by atoms with E-state index in [-0.39, 0.29) is 0 Å². The Bertz CT molecular complexity index is 462. The van der Waals surface area contributed by atoms with Crippen molar-refractivity contribution in [1.29, 1.82) is 5.41 Å². The van der Waals surface area contributed by atoms with Crippen LogP contribution < -0.4 is 0 Å². The summed E-state index contributed by atoms with van der Waals surface area (Å²) in [6.07, 6.45) is 9.24. The van der Waals surface area contributed by atoms with Crippen LogP contribution in [0.3, 0.4) is 0 Å². The van der Waals surface area contributed by atoms with Crippen LogP contribution in [0.5, 0.6) is 0 Å². The molecule has 0 heterocycles. The average molecular weight is 275 g/mol. The molecule has 1 nitrogen and oxygen atoms in total. The van der Waals surface area contributed by atoms with Crippen LogP contribution in [-0.4, -0.2) is 12.4 Å². The highest BCUT2D eigenvalue weighted by molar-refractivity contribution is 5.56. The van der Waals surface area contributed by atoms with Crippen LogP contribution >= 0.6 is 0 Å². The summed E-state index contributed by atoms with van der Waals surface area (Å²) in [5.74, 6) is 2.45. The van der Waals surface area contributed by atoms with E-state index < -0.39 is 6.17 Å². The molecule has 0 bridgehead atoms. The van der Waals surface area contributed by atoms with Crippen LogP contribution in [0.4, 0.5) is 4.39 Å². The molecule has 1 saturated carbocycles. The van der Waals surface area contributed by atoms with Gasteiger partial charge >= 0.3 is 0 Å². The Balaban J connectivity index is 1.77. The van der Waals surface area contributed by atoms with Gasteiger partial charge in [0.2, 0.25) is 0 Å². The van der Waals surface area contributed by atoms with Crippen LogP contribution in [0.25, 0.3) is 0 Å². The van der Waals surface area contributed by atoms with Gasteiger partial charge in [-0.2, -0.15) is 0 Å². The van der Waals surface area contributed by atoms with E-state index in [0.29, 0.717) is 18.3 Å². The Hall–Kier alpha value is -0.920. The maximum atomic E-state index is 13.6. The van der Waals surface area contributed by atoms with Crippen molar-refractivity contribution in [1.82, 2.24) is 0 Å². The first-order valence-electron chi connectivity index (χ1n) is 8.21. The highest BCUT2D eigenvalue weighted by Gasteiger charge is 2.46. The van der Waals surface area contributed by atoms with Gasteiger partial charge in [-0.25, -0.2) is 4.39 Å². The second-order valence-corrected chi connectivity index (χ2v) is 6.96. The van der Waals surface area contributed by atoms with Crippen LogP contribution in [-0.2, 0) is 0 Å².